The number of aliphatic imine (C=N–C) groups is 1. The summed E-state index contributed by atoms with van der Waals surface area (Å²) in [6.45, 7) is 5.95. The molecular formula is C15H18N2O2S. The summed E-state index contributed by atoms with van der Waals surface area (Å²) in [6.07, 6.45) is 0. The highest BCUT2D eigenvalue weighted by Gasteiger charge is 2.29. The van der Waals surface area contributed by atoms with Crippen LogP contribution in [0.3, 0.4) is 0 Å². The summed E-state index contributed by atoms with van der Waals surface area (Å²) < 4.78 is 0. The SMILES string of the molecule is CC1=C(C(=O)O)C(c2ccccc2)N=C(SC(C)C)N1. The van der Waals surface area contributed by atoms with E-state index in [4.69, 9.17) is 0 Å². The average molecular weight is 290 g/mol. The number of hydrogen-bond donors (Lipinski definition) is 2. The van der Waals surface area contributed by atoms with Gasteiger partial charge in [0.05, 0.1) is 5.57 Å². The summed E-state index contributed by atoms with van der Waals surface area (Å²) >= 11 is 1.60. The van der Waals surface area contributed by atoms with Crippen molar-refractivity contribution in [3.63, 3.8) is 0 Å². The van der Waals surface area contributed by atoms with E-state index < -0.39 is 12.0 Å². The molecule has 4 nitrogen and oxygen atoms in total. The molecule has 1 aromatic carbocycles. The van der Waals surface area contributed by atoms with Crippen LogP contribution in [0.1, 0.15) is 32.4 Å². The number of allylic oxidation sites excluding steroid dienone is 1. The Morgan fingerprint density at radius 2 is 2.00 bits per heavy atom. The standard InChI is InChI=1S/C15H18N2O2S/c1-9(2)20-15-16-10(3)12(14(18)19)13(17-15)11-7-5-4-6-8-11/h4-9,13H,1-3H3,(H,16,17)(H,18,19). The molecule has 5 heteroatoms. The fourth-order valence-corrected chi connectivity index (χ4v) is 2.91. The number of amidine groups is 1. The molecule has 1 aliphatic rings. The van der Waals surface area contributed by atoms with Crippen LogP contribution in [0.25, 0.3) is 0 Å². The molecule has 1 heterocycles. The molecule has 0 saturated carbocycles. The second-order valence-corrected chi connectivity index (χ2v) is 6.45. The van der Waals surface area contributed by atoms with Crippen molar-refractivity contribution >= 4 is 22.9 Å². The third kappa shape index (κ3) is 3.22. The van der Waals surface area contributed by atoms with Gasteiger partial charge in [-0.05, 0) is 12.5 Å². The van der Waals surface area contributed by atoms with Gasteiger partial charge in [0.15, 0.2) is 5.17 Å². The Kier molecular flexibility index (Phi) is 4.49. The minimum Gasteiger partial charge on any atom is -0.478 e. The normalized spacial score (nSPS) is 18.8. The topological polar surface area (TPSA) is 61.7 Å². The van der Waals surface area contributed by atoms with E-state index >= 15 is 0 Å². The lowest BCUT2D eigenvalue weighted by Crippen LogP contribution is -2.30. The molecule has 0 aromatic heterocycles. The Morgan fingerprint density at radius 3 is 2.55 bits per heavy atom. The van der Waals surface area contributed by atoms with Gasteiger partial charge < -0.3 is 10.4 Å². The zero-order valence-corrected chi connectivity index (χ0v) is 12.6. The highest BCUT2D eigenvalue weighted by molar-refractivity contribution is 8.14. The largest absolute Gasteiger partial charge is 0.478 e. The lowest BCUT2D eigenvalue weighted by atomic mass is 9.97. The van der Waals surface area contributed by atoms with Crippen molar-refractivity contribution in [1.82, 2.24) is 5.32 Å². The van der Waals surface area contributed by atoms with E-state index in [9.17, 15) is 9.90 Å². The van der Waals surface area contributed by atoms with Crippen LogP contribution in [0.2, 0.25) is 0 Å². The number of rotatable bonds is 3. The molecule has 106 valence electrons. The number of benzene rings is 1. The summed E-state index contributed by atoms with van der Waals surface area (Å²) in [7, 11) is 0. The second-order valence-electron chi connectivity index (χ2n) is 4.88. The van der Waals surface area contributed by atoms with E-state index in [2.05, 4.69) is 24.2 Å². The van der Waals surface area contributed by atoms with E-state index in [1.807, 2.05) is 30.3 Å². The Bertz CT molecular complexity index is 564. The monoisotopic (exact) mass is 290 g/mol. The van der Waals surface area contributed by atoms with Crippen molar-refractivity contribution < 1.29 is 9.90 Å². The van der Waals surface area contributed by atoms with Crippen molar-refractivity contribution in [2.45, 2.75) is 32.1 Å². The number of nitrogens with zero attached hydrogens (tertiary/aromatic N) is 1. The van der Waals surface area contributed by atoms with Gasteiger partial charge in [-0.2, -0.15) is 0 Å². The highest BCUT2D eigenvalue weighted by Crippen LogP contribution is 2.32. The number of aliphatic carboxylic acids is 1. The Hall–Kier alpha value is -1.75. The number of carboxylic acids is 1. The molecule has 1 atom stereocenters. The molecule has 1 aromatic rings. The van der Waals surface area contributed by atoms with Gasteiger partial charge in [-0.1, -0.05) is 55.9 Å². The molecule has 2 rings (SSSR count). The van der Waals surface area contributed by atoms with Gasteiger partial charge in [-0.25, -0.2) is 9.79 Å². The first kappa shape index (κ1) is 14.7. The van der Waals surface area contributed by atoms with Crippen LogP contribution in [0.15, 0.2) is 46.6 Å². The van der Waals surface area contributed by atoms with Crippen molar-refractivity contribution in [2.75, 3.05) is 0 Å². The zero-order chi connectivity index (χ0) is 14.7. The van der Waals surface area contributed by atoms with Crippen LogP contribution >= 0.6 is 11.8 Å². The fourth-order valence-electron chi connectivity index (χ4n) is 2.08. The van der Waals surface area contributed by atoms with Crippen molar-refractivity contribution in [3.8, 4) is 0 Å². The van der Waals surface area contributed by atoms with Gasteiger partial charge in [0, 0.05) is 10.9 Å². The van der Waals surface area contributed by atoms with E-state index in [0.29, 0.717) is 16.5 Å². The van der Waals surface area contributed by atoms with Gasteiger partial charge >= 0.3 is 5.97 Å². The maximum Gasteiger partial charge on any atom is 0.335 e. The number of carboxylic acid groups (broad SMARTS) is 1. The number of thioether (sulfide) groups is 1. The van der Waals surface area contributed by atoms with Crippen LogP contribution in [-0.2, 0) is 4.79 Å². The minimum absolute atomic E-state index is 0.310. The molecule has 0 aliphatic carbocycles. The Balaban J connectivity index is 2.42. The minimum atomic E-state index is -0.929. The van der Waals surface area contributed by atoms with Gasteiger partial charge in [0.25, 0.3) is 0 Å². The fraction of sp³-hybridized carbons (Fsp3) is 0.333. The first-order valence-electron chi connectivity index (χ1n) is 6.49. The van der Waals surface area contributed by atoms with Gasteiger partial charge in [-0.3, -0.25) is 0 Å². The Labute approximate surface area is 123 Å². The van der Waals surface area contributed by atoms with E-state index in [1.54, 1.807) is 18.7 Å². The van der Waals surface area contributed by atoms with Crippen LogP contribution in [0, 0.1) is 0 Å². The maximum atomic E-state index is 11.5. The summed E-state index contributed by atoms with van der Waals surface area (Å²) in [6, 6.07) is 9.08. The van der Waals surface area contributed by atoms with Crippen molar-refractivity contribution in [3.05, 3.63) is 47.2 Å². The summed E-state index contributed by atoms with van der Waals surface area (Å²) in [4.78, 5) is 16.1. The first-order chi connectivity index (χ1) is 9.49. The quantitative estimate of drug-likeness (QED) is 0.897. The van der Waals surface area contributed by atoms with Gasteiger partial charge in [-0.15, -0.1) is 0 Å². The average Bonchev–Trinajstić information content (AvgIpc) is 2.37. The van der Waals surface area contributed by atoms with Gasteiger partial charge in [0.1, 0.15) is 6.04 Å². The number of nitrogens with one attached hydrogen (secondary N) is 1. The molecule has 1 unspecified atom stereocenters. The molecule has 20 heavy (non-hydrogen) atoms. The zero-order valence-electron chi connectivity index (χ0n) is 11.8. The molecule has 0 fully saturated rings. The van der Waals surface area contributed by atoms with E-state index in [0.717, 1.165) is 10.7 Å². The third-order valence-corrected chi connectivity index (χ3v) is 3.81. The van der Waals surface area contributed by atoms with E-state index in [1.165, 1.54) is 0 Å². The summed E-state index contributed by atoms with van der Waals surface area (Å²) in [5, 5.41) is 13.7. The summed E-state index contributed by atoms with van der Waals surface area (Å²) in [5.74, 6) is -0.929. The highest BCUT2D eigenvalue weighted by atomic mass is 32.2. The predicted octanol–water partition coefficient (Wildman–Crippen LogP) is 3.19. The second kappa shape index (κ2) is 6.13. The lowest BCUT2D eigenvalue weighted by Gasteiger charge is -2.25. The first-order valence-corrected chi connectivity index (χ1v) is 7.37. The van der Waals surface area contributed by atoms with Crippen molar-refractivity contribution in [1.29, 1.82) is 0 Å². The van der Waals surface area contributed by atoms with Gasteiger partial charge in [0.2, 0.25) is 0 Å². The molecule has 0 spiro atoms. The maximum absolute atomic E-state index is 11.5. The van der Waals surface area contributed by atoms with Crippen LogP contribution < -0.4 is 5.32 Å². The molecule has 1 aliphatic heterocycles. The van der Waals surface area contributed by atoms with Crippen LogP contribution in [0.5, 0.6) is 0 Å². The van der Waals surface area contributed by atoms with Crippen LogP contribution in [0.4, 0.5) is 0 Å². The lowest BCUT2D eigenvalue weighted by molar-refractivity contribution is -0.133. The third-order valence-electron chi connectivity index (χ3n) is 2.91. The molecule has 0 radical (unpaired) electrons. The predicted molar refractivity (Wildman–Crippen MR) is 82.8 cm³/mol. The molecule has 2 N–H and O–H groups in total. The van der Waals surface area contributed by atoms with Crippen molar-refractivity contribution in [2.24, 2.45) is 4.99 Å². The number of hydrogen-bond acceptors (Lipinski definition) is 4. The van der Waals surface area contributed by atoms with E-state index in [-0.39, 0.29) is 0 Å². The molecule has 0 bridgehead atoms. The summed E-state index contributed by atoms with van der Waals surface area (Å²) in [5.41, 5.74) is 1.86. The Morgan fingerprint density at radius 1 is 1.35 bits per heavy atom. The van der Waals surface area contributed by atoms with Crippen LogP contribution in [-0.4, -0.2) is 21.5 Å². The molecular weight excluding hydrogens is 272 g/mol. The number of carbonyl (C=O) groups is 1. The molecule has 0 saturated heterocycles. The molecule has 0 amide bonds. The smallest absolute Gasteiger partial charge is 0.335 e.